The van der Waals surface area contributed by atoms with Gasteiger partial charge >= 0.3 is 0 Å². The number of nitrogens with two attached hydrogens (primary N) is 1. The maximum Gasteiger partial charge on any atom is 0.289 e. The van der Waals surface area contributed by atoms with Crippen molar-refractivity contribution in [2.75, 3.05) is 13.1 Å². The first kappa shape index (κ1) is 11.5. The molecule has 0 saturated carbocycles. The minimum atomic E-state index is -0.148. The molecule has 1 aliphatic rings. The van der Waals surface area contributed by atoms with Gasteiger partial charge in [-0.2, -0.15) is 0 Å². The lowest BCUT2D eigenvalue weighted by Crippen LogP contribution is -2.44. The third-order valence-corrected chi connectivity index (χ3v) is 2.97. The van der Waals surface area contributed by atoms with Crippen molar-refractivity contribution < 1.29 is 14.4 Å². The second kappa shape index (κ2) is 4.90. The van der Waals surface area contributed by atoms with Gasteiger partial charge in [0.15, 0.2) is 5.76 Å². The predicted molar refractivity (Wildman–Crippen MR) is 60.7 cm³/mol. The molecule has 3 N–H and O–H groups in total. The molecule has 17 heavy (non-hydrogen) atoms. The third-order valence-electron chi connectivity index (χ3n) is 2.97. The summed E-state index contributed by atoms with van der Waals surface area (Å²) < 4.78 is 5.07. The number of amides is 1. The number of likely N-dealkylation sites (tertiary alicyclic amines) is 1. The molecular weight excluding hydrogens is 222 g/mol. The van der Waals surface area contributed by atoms with Gasteiger partial charge in [-0.15, -0.1) is 0 Å². The van der Waals surface area contributed by atoms with Gasteiger partial charge in [0.05, 0.1) is 6.26 Å². The topological polar surface area (TPSA) is 92.1 Å². The van der Waals surface area contributed by atoms with Crippen LogP contribution in [-0.2, 0) is 0 Å². The van der Waals surface area contributed by atoms with E-state index in [1.165, 1.54) is 6.26 Å². The second-order valence-corrected chi connectivity index (χ2v) is 4.09. The highest BCUT2D eigenvalue weighted by Crippen LogP contribution is 2.18. The number of rotatable bonds is 2. The van der Waals surface area contributed by atoms with Crippen molar-refractivity contribution in [3.05, 3.63) is 24.2 Å². The highest BCUT2D eigenvalue weighted by molar-refractivity contribution is 5.92. The van der Waals surface area contributed by atoms with E-state index in [1.54, 1.807) is 17.0 Å². The monoisotopic (exact) mass is 237 g/mol. The smallest absolute Gasteiger partial charge is 0.289 e. The normalized spacial score (nSPS) is 21.5. The molecular formula is C11H15N3O3. The van der Waals surface area contributed by atoms with E-state index in [0.717, 1.165) is 12.8 Å². The van der Waals surface area contributed by atoms with Crippen molar-refractivity contribution >= 4 is 11.7 Å². The van der Waals surface area contributed by atoms with Gasteiger partial charge in [0.25, 0.3) is 5.91 Å². The van der Waals surface area contributed by atoms with Crippen molar-refractivity contribution in [2.24, 2.45) is 16.8 Å². The first-order chi connectivity index (χ1) is 8.22. The molecule has 0 aromatic carbocycles. The fraction of sp³-hybridized carbons (Fsp3) is 0.455. The Bertz CT molecular complexity index is 414. The molecule has 0 bridgehead atoms. The fourth-order valence-corrected chi connectivity index (χ4v) is 2.04. The summed E-state index contributed by atoms with van der Waals surface area (Å²) in [4.78, 5) is 13.7. The Morgan fingerprint density at radius 3 is 3.12 bits per heavy atom. The lowest BCUT2D eigenvalue weighted by atomic mass is 9.97. The summed E-state index contributed by atoms with van der Waals surface area (Å²) >= 11 is 0. The van der Waals surface area contributed by atoms with Gasteiger partial charge in [-0.1, -0.05) is 5.16 Å². The summed E-state index contributed by atoms with van der Waals surface area (Å²) in [6, 6.07) is 3.31. The molecule has 1 aliphatic heterocycles. The fourth-order valence-electron chi connectivity index (χ4n) is 2.04. The minimum Gasteiger partial charge on any atom is -0.459 e. The summed E-state index contributed by atoms with van der Waals surface area (Å²) in [5.41, 5.74) is 5.57. The molecule has 1 aromatic heterocycles. The number of carbonyl (C=O) groups excluding carboxylic acids is 1. The first-order valence-corrected chi connectivity index (χ1v) is 5.52. The molecule has 2 heterocycles. The van der Waals surface area contributed by atoms with E-state index < -0.39 is 0 Å². The lowest BCUT2D eigenvalue weighted by Gasteiger charge is -2.31. The molecule has 2 rings (SSSR count). The van der Waals surface area contributed by atoms with Crippen LogP contribution in [0.4, 0.5) is 0 Å². The number of carbonyl (C=O) groups is 1. The van der Waals surface area contributed by atoms with Gasteiger partial charge in [0.1, 0.15) is 5.84 Å². The van der Waals surface area contributed by atoms with Crippen LogP contribution in [-0.4, -0.2) is 34.9 Å². The molecule has 0 radical (unpaired) electrons. The Hall–Kier alpha value is -1.98. The van der Waals surface area contributed by atoms with Gasteiger partial charge in [-0.3, -0.25) is 4.79 Å². The van der Waals surface area contributed by atoms with E-state index in [2.05, 4.69) is 5.16 Å². The van der Waals surface area contributed by atoms with Crippen LogP contribution in [0.2, 0.25) is 0 Å². The van der Waals surface area contributed by atoms with Crippen molar-refractivity contribution in [3.8, 4) is 0 Å². The van der Waals surface area contributed by atoms with Gasteiger partial charge in [-0.25, -0.2) is 0 Å². The summed E-state index contributed by atoms with van der Waals surface area (Å²) in [5.74, 6) is 0.283. The van der Waals surface area contributed by atoms with Crippen molar-refractivity contribution in [1.82, 2.24) is 4.90 Å². The summed E-state index contributed by atoms with van der Waals surface area (Å²) in [5, 5.41) is 11.6. The Morgan fingerprint density at radius 1 is 1.65 bits per heavy atom. The van der Waals surface area contributed by atoms with E-state index in [0.29, 0.717) is 18.8 Å². The van der Waals surface area contributed by atoms with Crippen LogP contribution in [0.1, 0.15) is 23.4 Å². The largest absolute Gasteiger partial charge is 0.459 e. The molecule has 1 amide bonds. The molecule has 0 spiro atoms. The van der Waals surface area contributed by atoms with Gasteiger partial charge in [0, 0.05) is 19.0 Å². The number of nitrogens with zero attached hydrogens (tertiary/aromatic N) is 2. The van der Waals surface area contributed by atoms with E-state index >= 15 is 0 Å². The molecule has 1 saturated heterocycles. The van der Waals surface area contributed by atoms with Gasteiger partial charge < -0.3 is 20.3 Å². The Balaban J connectivity index is 2.05. The standard InChI is InChI=1S/C11H15N3O3/c12-10(13-16)8-3-1-5-14(7-8)11(15)9-4-2-6-17-9/h2,4,6,8,16H,1,3,5,7H2,(H2,12,13). The van der Waals surface area contributed by atoms with Crippen LogP contribution >= 0.6 is 0 Å². The highest BCUT2D eigenvalue weighted by atomic mass is 16.4. The average molecular weight is 237 g/mol. The minimum absolute atomic E-state index is 0.0762. The summed E-state index contributed by atoms with van der Waals surface area (Å²) in [6.07, 6.45) is 3.14. The zero-order chi connectivity index (χ0) is 12.3. The lowest BCUT2D eigenvalue weighted by molar-refractivity contribution is 0.0669. The number of piperidine rings is 1. The van der Waals surface area contributed by atoms with Crippen LogP contribution in [0.3, 0.4) is 0 Å². The number of amidine groups is 1. The maximum absolute atomic E-state index is 12.0. The van der Waals surface area contributed by atoms with Crippen molar-refractivity contribution in [2.45, 2.75) is 12.8 Å². The third kappa shape index (κ3) is 2.41. The summed E-state index contributed by atoms with van der Waals surface area (Å²) in [7, 11) is 0. The van der Waals surface area contributed by atoms with E-state index in [9.17, 15) is 4.79 Å². The zero-order valence-corrected chi connectivity index (χ0v) is 9.37. The Morgan fingerprint density at radius 2 is 2.47 bits per heavy atom. The zero-order valence-electron chi connectivity index (χ0n) is 9.37. The van der Waals surface area contributed by atoms with Crippen molar-refractivity contribution in [3.63, 3.8) is 0 Å². The van der Waals surface area contributed by atoms with Crippen LogP contribution in [0, 0.1) is 5.92 Å². The second-order valence-electron chi connectivity index (χ2n) is 4.09. The number of hydrogen-bond donors (Lipinski definition) is 2. The average Bonchev–Trinajstić information content (AvgIpc) is 2.91. The maximum atomic E-state index is 12.0. The molecule has 1 atom stereocenters. The Labute approximate surface area is 98.7 Å². The Kier molecular flexibility index (Phi) is 3.32. The quantitative estimate of drug-likeness (QED) is 0.345. The van der Waals surface area contributed by atoms with Crippen LogP contribution < -0.4 is 5.73 Å². The molecule has 0 aliphatic carbocycles. The predicted octanol–water partition coefficient (Wildman–Crippen LogP) is 0.878. The molecule has 1 aromatic rings. The molecule has 1 fully saturated rings. The highest BCUT2D eigenvalue weighted by Gasteiger charge is 2.27. The number of oxime groups is 1. The van der Waals surface area contributed by atoms with E-state index in [4.69, 9.17) is 15.4 Å². The van der Waals surface area contributed by atoms with Gasteiger partial charge in [0.2, 0.25) is 0 Å². The van der Waals surface area contributed by atoms with Gasteiger partial charge in [-0.05, 0) is 25.0 Å². The summed E-state index contributed by atoms with van der Waals surface area (Å²) in [6.45, 7) is 1.14. The van der Waals surface area contributed by atoms with Crippen LogP contribution in [0.25, 0.3) is 0 Å². The molecule has 6 heteroatoms. The van der Waals surface area contributed by atoms with Crippen molar-refractivity contribution in [1.29, 1.82) is 0 Å². The van der Waals surface area contributed by atoms with Crippen LogP contribution in [0.5, 0.6) is 0 Å². The van der Waals surface area contributed by atoms with E-state index in [-0.39, 0.29) is 17.7 Å². The first-order valence-electron chi connectivity index (χ1n) is 5.52. The SMILES string of the molecule is NC(=NO)C1CCCN(C(=O)c2ccco2)C1. The van der Waals surface area contributed by atoms with E-state index in [1.807, 2.05) is 0 Å². The van der Waals surface area contributed by atoms with Crippen LogP contribution in [0.15, 0.2) is 28.0 Å². The molecule has 92 valence electrons. The molecule has 6 nitrogen and oxygen atoms in total. The number of hydrogen-bond acceptors (Lipinski definition) is 4. The number of furan rings is 1. The molecule has 1 unspecified atom stereocenters.